The number of amides is 2. The lowest BCUT2D eigenvalue weighted by molar-refractivity contribution is -0.119. The van der Waals surface area contributed by atoms with Gasteiger partial charge in [-0.3, -0.25) is 9.59 Å². The predicted molar refractivity (Wildman–Crippen MR) is 110 cm³/mol. The fourth-order valence-electron chi connectivity index (χ4n) is 3.40. The van der Waals surface area contributed by atoms with Crippen molar-refractivity contribution in [3.8, 4) is 0 Å². The summed E-state index contributed by atoms with van der Waals surface area (Å²) in [5.74, 6) is 0.775. The zero-order valence-corrected chi connectivity index (χ0v) is 16.2. The van der Waals surface area contributed by atoms with Crippen molar-refractivity contribution in [1.29, 1.82) is 0 Å². The van der Waals surface area contributed by atoms with E-state index in [4.69, 9.17) is 0 Å². The lowest BCUT2D eigenvalue weighted by Crippen LogP contribution is -2.36. The smallest absolute Gasteiger partial charge is 0.227 e. The highest BCUT2D eigenvalue weighted by atomic mass is 16.2. The maximum absolute atomic E-state index is 12.3. The van der Waals surface area contributed by atoms with Gasteiger partial charge in [-0.05, 0) is 54.5 Å². The first-order valence-electron chi connectivity index (χ1n) is 9.80. The van der Waals surface area contributed by atoms with Crippen molar-refractivity contribution in [2.75, 3.05) is 16.8 Å². The van der Waals surface area contributed by atoms with E-state index in [1.54, 1.807) is 0 Å². The van der Waals surface area contributed by atoms with Crippen LogP contribution in [0.15, 0.2) is 48.5 Å². The Balaban J connectivity index is 1.63. The largest absolute Gasteiger partial charge is 0.326 e. The molecule has 0 aliphatic carbocycles. The molecule has 27 heavy (non-hydrogen) atoms. The Morgan fingerprint density at radius 3 is 2.63 bits per heavy atom. The highest BCUT2D eigenvalue weighted by Gasteiger charge is 2.24. The molecule has 4 heteroatoms. The summed E-state index contributed by atoms with van der Waals surface area (Å²) < 4.78 is 0. The Morgan fingerprint density at radius 1 is 1.11 bits per heavy atom. The van der Waals surface area contributed by atoms with Crippen molar-refractivity contribution < 1.29 is 9.59 Å². The van der Waals surface area contributed by atoms with Crippen LogP contribution < -0.4 is 10.2 Å². The SMILES string of the molecule is CC(C)CCN1C(=O)CCc2cc(NC(=O)CCc3ccccc3)ccc21. The lowest BCUT2D eigenvalue weighted by Gasteiger charge is -2.30. The number of carbonyl (C=O) groups excluding carboxylic acids is 2. The van der Waals surface area contributed by atoms with Gasteiger partial charge in [-0.1, -0.05) is 44.2 Å². The molecule has 4 nitrogen and oxygen atoms in total. The summed E-state index contributed by atoms with van der Waals surface area (Å²) in [6.07, 6.45) is 3.45. The van der Waals surface area contributed by atoms with E-state index >= 15 is 0 Å². The van der Waals surface area contributed by atoms with Crippen LogP contribution in [-0.2, 0) is 22.4 Å². The van der Waals surface area contributed by atoms with Crippen molar-refractivity contribution in [1.82, 2.24) is 0 Å². The molecule has 0 bridgehead atoms. The van der Waals surface area contributed by atoms with Gasteiger partial charge in [0, 0.05) is 30.8 Å². The van der Waals surface area contributed by atoms with Crippen LogP contribution in [-0.4, -0.2) is 18.4 Å². The van der Waals surface area contributed by atoms with Gasteiger partial charge in [0.25, 0.3) is 0 Å². The molecule has 0 unspecified atom stereocenters. The van der Waals surface area contributed by atoms with Crippen molar-refractivity contribution in [3.63, 3.8) is 0 Å². The van der Waals surface area contributed by atoms with Gasteiger partial charge in [-0.25, -0.2) is 0 Å². The summed E-state index contributed by atoms with van der Waals surface area (Å²) in [5.41, 5.74) is 4.11. The first-order valence-corrected chi connectivity index (χ1v) is 9.80. The van der Waals surface area contributed by atoms with E-state index in [9.17, 15) is 9.59 Å². The molecule has 2 aromatic carbocycles. The first kappa shape index (κ1) is 19.2. The molecule has 0 fully saturated rings. The number of nitrogens with one attached hydrogen (secondary N) is 1. The monoisotopic (exact) mass is 364 g/mol. The molecule has 2 aromatic rings. The molecular weight excluding hydrogens is 336 g/mol. The molecule has 0 aromatic heterocycles. The van der Waals surface area contributed by atoms with E-state index in [1.807, 2.05) is 53.4 Å². The second kappa shape index (κ2) is 8.85. The lowest BCUT2D eigenvalue weighted by atomic mass is 9.99. The number of nitrogens with zero attached hydrogens (tertiary/aromatic N) is 1. The van der Waals surface area contributed by atoms with Gasteiger partial charge in [0.1, 0.15) is 0 Å². The number of aryl methyl sites for hydroxylation is 2. The second-order valence-corrected chi connectivity index (χ2v) is 7.61. The molecular formula is C23H28N2O2. The van der Waals surface area contributed by atoms with Gasteiger partial charge in [-0.15, -0.1) is 0 Å². The third-order valence-corrected chi connectivity index (χ3v) is 4.98. The Kier molecular flexibility index (Phi) is 6.28. The zero-order chi connectivity index (χ0) is 19.2. The van der Waals surface area contributed by atoms with E-state index in [1.165, 1.54) is 0 Å². The molecule has 2 amide bonds. The number of fused-ring (bicyclic) bond motifs is 1. The van der Waals surface area contributed by atoms with Crippen LogP contribution in [0.2, 0.25) is 0 Å². The maximum Gasteiger partial charge on any atom is 0.227 e. The van der Waals surface area contributed by atoms with Crippen LogP contribution in [0.1, 0.15) is 44.2 Å². The number of anilines is 2. The number of carbonyl (C=O) groups is 2. The first-order chi connectivity index (χ1) is 13.0. The van der Waals surface area contributed by atoms with Crippen molar-refractivity contribution in [3.05, 3.63) is 59.7 Å². The standard InChI is InChI=1S/C23H28N2O2/c1-17(2)14-15-25-21-11-10-20(16-19(21)9-13-23(25)27)24-22(26)12-8-18-6-4-3-5-7-18/h3-7,10-11,16-17H,8-9,12-15H2,1-2H3,(H,24,26). The normalized spacial score (nSPS) is 13.6. The molecule has 0 spiro atoms. The summed E-state index contributed by atoms with van der Waals surface area (Å²) in [6.45, 7) is 5.10. The van der Waals surface area contributed by atoms with Gasteiger partial charge in [-0.2, -0.15) is 0 Å². The molecule has 142 valence electrons. The molecule has 1 N–H and O–H groups in total. The molecule has 1 aliphatic rings. The molecule has 1 aliphatic heterocycles. The molecule has 0 atom stereocenters. The summed E-state index contributed by atoms with van der Waals surface area (Å²) in [6, 6.07) is 15.9. The van der Waals surface area contributed by atoms with Crippen molar-refractivity contribution >= 4 is 23.2 Å². The van der Waals surface area contributed by atoms with E-state index in [0.29, 0.717) is 18.8 Å². The average molecular weight is 364 g/mol. The van der Waals surface area contributed by atoms with Gasteiger partial charge >= 0.3 is 0 Å². The molecule has 0 saturated carbocycles. The van der Waals surface area contributed by atoms with Crippen LogP contribution >= 0.6 is 0 Å². The van der Waals surface area contributed by atoms with Crippen LogP contribution in [0.25, 0.3) is 0 Å². The third kappa shape index (κ3) is 5.19. The summed E-state index contributed by atoms with van der Waals surface area (Å²) >= 11 is 0. The van der Waals surface area contributed by atoms with Crippen LogP contribution in [0.5, 0.6) is 0 Å². The maximum atomic E-state index is 12.3. The molecule has 3 rings (SSSR count). The topological polar surface area (TPSA) is 49.4 Å². The summed E-state index contributed by atoms with van der Waals surface area (Å²) in [4.78, 5) is 26.5. The van der Waals surface area contributed by atoms with Gasteiger partial charge in [0.05, 0.1) is 0 Å². The number of hydrogen-bond donors (Lipinski definition) is 1. The van der Waals surface area contributed by atoms with E-state index < -0.39 is 0 Å². The number of hydrogen-bond acceptors (Lipinski definition) is 2. The van der Waals surface area contributed by atoms with Crippen LogP contribution in [0.3, 0.4) is 0 Å². The minimum Gasteiger partial charge on any atom is -0.326 e. The van der Waals surface area contributed by atoms with Crippen molar-refractivity contribution in [2.45, 2.75) is 46.0 Å². The Morgan fingerprint density at radius 2 is 1.89 bits per heavy atom. The zero-order valence-electron chi connectivity index (χ0n) is 16.2. The molecule has 0 saturated heterocycles. The van der Waals surface area contributed by atoms with Crippen LogP contribution in [0, 0.1) is 5.92 Å². The highest BCUT2D eigenvalue weighted by Crippen LogP contribution is 2.31. The van der Waals surface area contributed by atoms with Gasteiger partial charge in [0.2, 0.25) is 11.8 Å². The fourth-order valence-corrected chi connectivity index (χ4v) is 3.40. The summed E-state index contributed by atoms with van der Waals surface area (Å²) in [5, 5.41) is 3.00. The minimum atomic E-state index is 0.0161. The fraction of sp³-hybridized carbons (Fsp3) is 0.391. The van der Waals surface area contributed by atoms with Crippen molar-refractivity contribution in [2.24, 2.45) is 5.92 Å². The Labute approximate surface area is 161 Å². The second-order valence-electron chi connectivity index (χ2n) is 7.61. The molecule has 0 radical (unpaired) electrons. The predicted octanol–water partition coefficient (Wildman–Crippen LogP) is 4.58. The number of benzene rings is 2. The Bertz CT molecular complexity index is 799. The van der Waals surface area contributed by atoms with Gasteiger partial charge in [0.15, 0.2) is 0 Å². The van der Waals surface area contributed by atoms with E-state index in [0.717, 1.165) is 48.3 Å². The highest BCUT2D eigenvalue weighted by molar-refractivity contribution is 5.97. The van der Waals surface area contributed by atoms with Gasteiger partial charge < -0.3 is 10.2 Å². The van der Waals surface area contributed by atoms with E-state index in [2.05, 4.69) is 19.2 Å². The van der Waals surface area contributed by atoms with Crippen LogP contribution in [0.4, 0.5) is 11.4 Å². The van der Waals surface area contributed by atoms with E-state index in [-0.39, 0.29) is 11.8 Å². The average Bonchev–Trinajstić information content (AvgIpc) is 2.66. The minimum absolute atomic E-state index is 0.0161. The third-order valence-electron chi connectivity index (χ3n) is 4.98. The number of rotatable bonds is 7. The summed E-state index contributed by atoms with van der Waals surface area (Å²) in [7, 11) is 0. The Hall–Kier alpha value is -2.62. The molecule has 1 heterocycles. The quantitative estimate of drug-likeness (QED) is 0.781.